The van der Waals surface area contributed by atoms with Gasteiger partial charge in [-0.3, -0.25) is 9.59 Å². The van der Waals surface area contributed by atoms with Crippen molar-refractivity contribution in [3.8, 4) is 0 Å². The number of pyridine rings is 1. The third-order valence-electron chi connectivity index (χ3n) is 4.47. The van der Waals surface area contributed by atoms with E-state index < -0.39 is 6.04 Å². The third kappa shape index (κ3) is 3.55. The van der Waals surface area contributed by atoms with Crippen molar-refractivity contribution < 1.29 is 4.79 Å². The van der Waals surface area contributed by atoms with Gasteiger partial charge in [0.2, 0.25) is 5.91 Å². The minimum Gasteiger partial charge on any atom is -0.362 e. The van der Waals surface area contributed by atoms with Gasteiger partial charge in [-0.2, -0.15) is 5.10 Å². The summed E-state index contributed by atoms with van der Waals surface area (Å²) in [7, 11) is 3.81. The molecule has 2 aromatic heterocycles. The van der Waals surface area contributed by atoms with Crippen LogP contribution in [0, 0.1) is 0 Å². The zero-order valence-corrected chi connectivity index (χ0v) is 14.8. The first-order valence-corrected chi connectivity index (χ1v) is 8.48. The summed E-state index contributed by atoms with van der Waals surface area (Å²) in [5, 5.41) is 7.28. The summed E-state index contributed by atoms with van der Waals surface area (Å²) in [4.78, 5) is 31.0. The molecule has 25 heavy (non-hydrogen) atoms. The van der Waals surface area contributed by atoms with E-state index in [9.17, 15) is 9.59 Å². The van der Waals surface area contributed by atoms with Crippen LogP contribution in [0.5, 0.6) is 0 Å². The summed E-state index contributed by atoms with van der Waals surface area (Å²) in [5.41, 5.74) is 2.64. The number of aromatic nitrogens is 3. The molecule has 7 nitrogen and oxygen atoms in total. The number of hydrogen-bond acceptors (Lipinski definition) is 5. The Morgan fingerprint density at radius 3 is 2.96 bits per heavy atom. The van der Waals surface area contributed by atoms with E-state index in [4.69, 9.17) is 0 Å². The van der Waals surface area contributed by atoms with Crippen LogP contribution in [0.2, 0.25) is 0 Å². The second-order valence-electron chi connectivity index (χ2n) is 6.53. The van der Waals surface area contributed by atoms with Crippen LogP contribution in [-0.4, -0.2) is 34.8 Å². The predicted octanol–water partition coefficient (Wildman–Crippen LogP) is 1.07. The van der Waals surface area contributed by atoms with Gasteiger partial charge in [-0.25, -0.2) is 9.67 Å². The van der Waals surface area contributed by atoms with Crippen molar-refractivity contribution in [2.24, 2.45) is 0 Å². The quantitative estimate of drug-likeness (QED) is 0.880. The van der Waals surface area contributed by atoms with E-state index in [1.54, 1.807) is 19.2 Å². The van der Waals surface area contributed by atoms with Crippen molar-refractivity contribution in [3.63, 3.8) is 0 Å². The van der Waals surface area contributed by atoms with Gasteiger partial charge in [-0.05, 0) is 37.8 Å². The first-order chi connectivity index (χ1) is 12.0. The van der Waals surface area contributed by atoms with Crippen LogP contribution in [-0.2, 0) is 24.2 Å². The van der Waals surface area contributed by atoms with Gasteiger partial charge in [0.1, 0.15) is 11.9 Å². The number of amides is 1. The number of nitrogens with one attached hydrogen (secondary N) is 1. The summed E-state index contributed by atoms with van der Waals surface area (Å²) in [6.07, 6.45) is 4.50. The van der Waals surface area contributed by atoms with Crippen molar-refractivity contribution in [2.45, 2.75) is 38.8 Å². The Kier molecular flexibility index (Phi) is 4.83. The lowest BCUT2D eigenvalue weighted by molar-refractivity contribution is -0.124. The molecule has 1 aliphatic rings. The number of nitrogens with zero attached hydrogens (tertiary/aromatic N) is 4. The Labute approximate surface area is 146 Å². The molecule has 0 spiro atoms. The van der Waals surface area contributed by atoms with Gasteiger partial charge in [-0.15, -0.1) is 0 Å². The maximum absolute atomic E-state index is 12.5. The molecule has 0 bridgehead atoms. The van der Waals surface area contributed by atoms with Gasteiger partial charge in [-0.1, -0.05) is 6.07 Å². The number of aryl methyl sites for hydroxylation is 2. The summed E-state index contributed by atoms with van der Waals surface area (Å²) in [6.45, 7) is 2.05. The maximum atomic E-state index is 12.5. The molecule has 0 saturated heterocycles. The summed E-state index contributed by atoms with van der Waals surface area (Å²) in [6, 6.07) is 4.72. The first-order valence-electron chi connectivity index (χ1n) is 8.48. The Balaban J connectivity index is 1.73. The SMILES string of the molecule is C[C@@H](C(=O)NCc1cccnc1N(C)C)n1nc2c(cc1=O)CCC2. The fourth-order valence-corrected chi connectivity index (χ4v) is 3.10. The standard InChI is InChI=1S/C18H23N5O2/c1-12(23-16(24)10-13-6-4-8-15(13)21-23)18(25)20-11-14-7-5-9-19-17(14)22(2)3/h5,7,9-10,12H,4,6,8,11H2,1-3H3,(H,20,25)/t12-/m0/s1. The van der Waals surface area contributed by atoms with Crippen LogP contribution in [0.15, 0.2) is 29.2 Å². The Morgan fingerprint density at radius 1 is 1.40 bits per heavy atom. The van der Waals surface area contributed by atoms with Crippen LogP contribution in [0.25, 0.3) is 0 Å². The molecule has 0 fully saturated rings. The van der Waals surface area contributed by atoms with Gasteiger partial charge < -0.3 is 10.2 Å². The van der Waals surface area contributed by atoms with Gasteiger partial charge in [0.15, 0.2) is 0 Å². The molecule has 0 aromatic carbocycles. The lowest BCUT2D eigenvalue weighted by Crippen LogP contribution is -2.37. The van der Waals surface area contributed by atoms with Crippen molar-refractivity contribution in [1.29, 1.82) is 0 Å². The number of fused-ring (bicyclic) bond motifs is 1. The summed E-state index contributed by atoms with van der Waals surface area (Å²) < 4.78 is 1.29. The molecule has 3 rings (SSSR count). The largest absolute Gasteiger partial charge is 0.362 e. The summed E-state index contributed by atoms with van der Waals surface area (Å²) in [5.74, 6) is 0.574. The first kappa shape index (κ1) is 17.1. The second-order valence-corrected chi connectivity index (χ2v) is 6.53. The molecule has 2 heterocycles. The molecule has 0 saturated carbocycles. The van der Waals surface area contributed by atoms with Crippen molar-refractivity contribution in [2.75, 3.05) is 19.0 Å². The molecule has 132 valence electrons. The lowest BCUT2D eigenvalue weighted by Gasteiger charge is -2.18. The van der Waals surface area contributed by atoms with E-state index in [0.29, 0.717) is 6.54 Å². The van der Waals surface area contributed by atoms with Crippen molar-refractivity contribution in [3.05, 3.63) is 51.6 Å². The highest BCUT2D eigenvalue weighted by Gasteiger charge is 2.21. The summed E-state index contributed by atoms with van der Waals surface area (Å²) >= 11 is 0. The van der Waals surface area contributed by atoms with Crippen LogP contribution < -0.4 is 15.8 Å². The number of carbonyl (C=O) groups excluding carboxylic acids is 1. The second kappa shape index (κ2) is 7.04. The van der Waals surface area contributed by atoms with Crippen LogP contribution in [0.3, 0.4) is 0 Å². The molecule has 1 atom stereocenters. The van der Waals surface area contributed by atoms with E-state index in [0.717, 1.165) is 41.9 Å². The van der Waals surface area contributed by atoms with Crippen molar-refractivity contribution in [1.82, 2.24) is 20.1 Å². The van der Waals surface area contributed by atoms with E-state index >= 15 is 0 Å². The predicted molar refractivity (Wildman–Crippen MR) is 95.6 cm³/mol. The fourth-order valence-electron chi connectivity index (χ4n) is 3.10. The average molecular weight is 341 g/mol. The molecule has 1 N–H and O–H groups in total. The number of hydrogen-bond donors (Lipinski definition) is 1. The highest BCUT2D eigenvalue weighted by atomic mass is 16.2. The number of carbonyl (C=O) groups is 1. The normalized spacial score (nSPS) is 14.0. The van der Waals surface area contributed by atoms with Crippen molar-refractivity contribution >= 4 is 11.7 Å². The number of rotatable bonds is 5. The topological polar surface area (TPSA) is 80.1 Å². The molecular formula is C18H23N5O2. The third-order valence-corrected chi connectivity index (χ3v) is 4.47. The lowest BCUT2D eigenvalue weighted by atomic mass is 10.2. The van der Waals surface area contributed by atoms with E-state index in [2.05, 4.69) is 15.4 Å². The molecule has 0 aliphatic heterocycles. The molecule has 1 aliphatic carbocycles. The molecule has 2 aromatic rings. The minimum atomic E-state index is -0.655. The zero-order valence-electron chi connectivity index (χ0n) is 14.8. The monoisotopic (exact) mass is 341 g/mol. The van der Waals surface area contributed by atoms with Crippen LogP contribution in [0.1, 0.15) is 36.2 Å². The van der Waals surface area contributed by atoms with Gasteiger partial charge >= 0.3 is 0 Å². The maximum Gasteiger partial charge on any atom is 0.267 e. The van der Waals surface area contributed by atoms with Crippen LogP contribution in [0.4, 0.5) is 5.82 Å². The van der Waals surface area contributed by atoms with E-state index in [-0.39, 0.29) is 11.5 Å². The molecular weight excluding hydrogens is 318 g/mol. The Bertz CT molecular complexity index is 844. The van der Waals surface area contributed by atoms with Gasteiger partial charge in [0.05, 0.1) is 5.69 Å². The molecule has 0 unspecified atom stereocenters. The Morgan fingerprint density at radius 2 is 2.20 bits per heavy atom. The van der Waals surface area contributed by atoms with E-state index in [1.807, 2.05) is 31.1 Å². The highest BCUT2D eigenvalue weighted by Crippen LogP contribution is 2.18. The van der Waals surface area contributed by atoms with Gasteiger partial charge in [0.25, 0.3) is 5.56 Å². The fraction of sp³-hybridized carbons (Fsp3) is 0.444. The van der Waals surface area contributed by atoms with Crippen LogP contribution >= 0.6 is 0 Å². The average Bonchev–Trinajstić information content (AvgIpc) is 3.05. The highest BCUT2D eigenvalue weighted by molar-refractivity contribution is 5.79. The minimum absolute atomic E-state index is 0.223. The number of anilines is 1. The molecule has 0 radical (unpaired) electrons. The Hall–Kier alpha value is -2.70. The van der Waals surface area contributed by atoms with E-state index in [1.165, 1.54) is 4.68 Å². The molecule has 7 heteroatoms. The molecule has 1 amide bonds. The van der Waals surface area contributed by atoms with Gasteiger partial charge in [0, 0.05) is 38.5 Å². The smallest absolute Gasteiger partial charge is 0.267 e. The zero-order chi connectivity index (χ0) is 18.0.